The second-order valence-corrected chi connectivity index (χ2v) is 8.41. The first-order chi connectivity index (χ1) is 12.1. The van der Waals surface area contributed by atoms with Gasteiger partial charge in [-0.3, -0.25) is 0 Å². The molecule has 5 nitrogen and oxygen atoms in total. The van der Waals surface area contributed by atoms with Gasteiger partial charge in [0.05, 0.1) is 21.1 Å². The molecule has 0 radical (unpaired) electrons. The molecule has 1 aliphatic carbocycles. The number of nitrogens with one attached hydrogen (secondary N) is 1. The van der Waals surface area contributed by atoms with Gasteiger partial charge in [0.2, 0.25) is 5.28 Å². The molecule has 0 bridgehead atoms. The lowest BCUT2D eigenvalue weighted by Gasteiger charge is -2.24. The summed E-state index contributed by atoms with van der Waals surface area (Å²) in [5.41, 5.74) is 7.25. The highest BCUT2D eigenvalue weighted by Crippen LogP contribution is 2.42. The van der Waals surface area contributed by atoms with Gasteiger partial charge in [0.1, 0.15) is 17.1 Å². The van der Waals surface area contributed by atoms with Crippen LogP contribution in [0.2, 0.25) is 5.28 Å². The summed E-state index contributed by atoms with van der Waals surface area (Å²) in [4.78, 5) is 10.1. The SMILES string of the molecule is N[C@@H]1CC=CC[C@H]1c1sc2c(NCc3ccco3)nc(Cl)nc2c1I. The van der Waals surface area contributed by atoms with E-state index in [9.17, 15) is 0 Å². The third kappa shape index (κ3) is 3.42. The zero-order chi connectivity index (χ0) is 17.4. The van der Waals surface area contributed by atoms with Gasteiger partial charge in [-0.25, -0.2) is 4.98 Å². The molecule has 0 aromatic carbocycles. The lowest BCUT2D eigenvalue weighted by atomic mass is 9.88. The van der Waals surface area contributed by atoms with Gasteiger partial charge in [-0.2, -0.15) is 4.98 Å². The molecule has 3 aromatic heterocycles. The highest BCUT2D eigenvalue weighted by Gasteiger charge is 2.27. The van der Waals surface area contributed by atoms with Gasteiger partial charge in [0.25, 0.3) is 0 Å². The summed E-state index contributed by atoms with van der Waals surface area (Å²) >= 11 is 10.2. The molecule has 3 N–H and O–H groups in total. The van der Waals surface area contributed by atoms with Gasteiger partial charge in [0, 0.05) is 16.8 Å². The van der Waals surface area contributed by atoms with Gasteiger partial charge in [-0.15, -0.1) is 11.3 Å². The van der Waals surface area contributed by atoms with Crippen molar-refractivity contribution in [2.75, 3.05) is 5.32 Å². The first-order valence-corrected chi connectivity index (χ1v) is 10.2. The Morgan fingerprint density at radius 3 is 2.96 bits per heavy atom. The van der Waals surface area contributed by atoms with E-state index >= 15 is 0 Å². The Morgan fingerprint density at radius 1 is 1.36 bits per heavy atom. The van der Waals surface area contributed by atoms with Crippen molar-refractivity contribution in [2.24, 2.45) is 5.73 Å². The summed E-state index contributed by atoms with van der Waals surface area (Å²) < 4.78 is 7.51. The van der Waals surface area contributed by atoms with Crippen LogP contribution in [0.25, 0.3) is 10.2 Å². The van der Waals surface area contributed by atoms with Gasteiger partial charge in [0.15, 0.2) is 0 Å². The minimum atomic E-state index is 0.134. The molecule has 1 aliphatic rings. The van der Waals surface area contributed by atoms with Crippen molar-refractivity contribution in [2.45, 2.75) is 31.3 Å². The summed E-state index contributed by atoms with van der Waals surface area (Å²) in [5, 5.41) is 3.56. The van der Waals surface area contributed by atoms with E-state index in [0.717, 1.165) is 38.2 Å². The molecule has 4 rings (SSSR count). The van der Waals surface area contributed by atoms with E-state index in [0.29, 0.717) is 12.5 Å². The molecule has 0 unspecified atom stereocenters. The average Bonchev–Trinajstić information content (AvgIpc) is 3.22. The van der Waals surface area contributed by atoms with E-state index in [4.69, 9.17) is 21.8 Å². The Kier molecular flexibility index (Phi) is 4.99. The first-order valence-electron chi connectivity index (χ1n) is 7.95. The summed E-state index contributed by atoms with van der Waals surface area (Å²) in [5.74, 6) is 1.89. The van der Waals surface area contributed by atoms with Crippen LogP contribution in [0.5, 0.6) is 0 Å². The highest BCUT2D eigenvalue weighted by atomic mass is 127. The number of nitrogens with zero attached hydrogens (tertiary/aromatic N) is 2. The third-order valence-corrected chi connectivity index (χ3v) is 7.25. The molecule has 130 valence electrons. The molecule has 0 saturated heterocycles. The second kappa shape index (κ2) is 7.22. The Hall–Kier alpha value is -1.16. The van der Waals surface area contributed by atoms with Crippen molar-refractivity contribution in [1.82, 2.24) is 9.97 Å². The summed E-state index contributed by atoms with van der Waals surface area (Å²) in [6.07, 6.45) is 7.90. The maximum Gasteiger partial charge on any atom is 0.225 e. The van der Waals surface area contributed by atoms with Gasteiger partial charge in [-0.1, -0.05) is 12.2 Å². The maximum atomic E-state index is 6.35. The number of thiophene rings is 1. The van der Waals surface area contributed by atoms with E-state index in [1.165, 1.54) is 4.88 Å². The zero-order valence-electron chi connectivity index (χ0n) is 13.2. The standard InChI is InChI=1S/C17H16ClIN4OS/c18-17-22-13-12(19)14(10-5-1-2-6-11(10)20)25-15(13)16(23-17)21-8-9-4-3-7-24-9/h1-4,7,10-11H,5-6,8,20H2,(H,21,22,23)/t10-,11-/m1/s1. The zero-order valence-corrected chi connectivity index (χ0v) is 16.9. The van der Waals surface area contributed by atoms with Crippen LogP contribution in [-0.2, 0) is 6.54 Å². The number of halogens is 2. The third-order valence-electron chi connectivity index (χ3n) is 4.30. The Morgan fingerprint density at radius 2 is 2.20 bits per heavy atom. The number of anilines is 1. The lowest BCUT2D eigenvalue weighted by molar-refractivity contribution is 0.518. The quantitative estimate of drug-likeness (QED) is 0.311. The van der Waals surface area contributed by atoms with Crippen LogP contribution < -0.4 is 11.1 Å². The van der Waals surface area contributed by atoms with Crippen LogP contribution in [0.3, 0.4) is 0 Å². The molecule has 8 heteroatoms. The molecule has 0 fully saturated rings. The summed E-state index contributed by atoms with van der Waals surface area (Å²) in [6.45, 7) is 0.547. The smallest absolute Gasteiger partial charge is 0.225 e. The van der Waals surface area contributed by atoms with Crippen molar-refractivity contribution in [3.63, 3.8) is 0 Å². The van der Waals surface area contributed by atoms with E-state index in [-0.39, 0.29) is 11.3 Å². The molecular weight excluding hydrogens is 471 g/mol. The molecule has 2 atom stereocenters. The molecule has 3 aromatic rings. The topological polar surface area (TPSA) is 77.0 Å². The largest absolute Gasteiger partial charge is 0.467 e. The fourth-order valence-electron chi connectivity index (χ4n) is 3.02. The molecule has 0 spiro atoms. The van der Waals surface area contributed by atoms with Crippen molar-refractivity contribution < 1.29 is 4.42 Å². The number of aromatic nitrogens is 2. The minimum Gasteiger partial charge on any atom is -0.467 e. The monoisotopic (exact) mass is 486 g/mol. The fourth-order valence-corrected chi connectivity index (χ4v) is 5.78. The molecule has 0 saturated carbocycles. The maximum absolute atomic E-state index is 6.35. The van der Waals surface area contributed by atoms with Gasteiger partial charge < -0.3 is 15.5 Å². The minimum absolute atomic E-state index is 0.134. The number of hydrogen-bond donors (Lipinski definition) is 2. The molecular formula is C17H16ClIN4OS. The molecule has 25 heavy (non-hydrogen) atoms. The van der Waals surface area contributed by atoms with E-state index < -0.39 is 0 Å². The van der Waals surface area contributed by atoms with Crippen LogP contribution in [0.1, 0.15) is 29.4 Å². The number of furan rings is 1. The van der Waals surface area contributed by atoms with Crippen LogP contribution in [0.15, 0.2) is 35.0 Å². The number of fused-ring (bicyclic) bond motifs is 1. The second-order valence-electron chi connectivity index (χ2n) is 5.95. The number of allylic oxidation sites excluding steroid dienone is 1. The van der Waals surface area contributed by atoms with Crippen LogP contribution in [-0.4, -0.2) is 16.0 Å². The summed E-state index contributed by atoms with van der Waals surface area (Å²) in [6, 6.07) is 3.92. The molecule has 0 aliphatic heterocycles. The van der Waals surface area contributed by atoms with E-state index in [2.05, 4.69) is 50.0 Å². The number of hydrogen-bond acceptors (Lipinski definition) is 6. The van der Waals surface area contributed by atoms with Crippen molar-refractivity contribution in [3.8, 4) is 0 Å². The van der Waals surface area contributed by atoms with Crippen molar-refractivity contribution in [1.29, 1.82) is 0 Å². The van der Waals surface area contributed by atoms with Crippen LogP contribution in [0.4, 0.5) is 5.82 Å². The summed E-state index contributed by atoms with van der Waals surface area (Å²) in [7, 11) is 0. The first kappa shape index (κ1) is 17.3. The molecule has 0 amide bonds. The van der Waals surface area contributed by atoms with E-state index in [1.54, 1.807) is 17.6 Å². The highest BCUT2D eigenvalue weighted by molar-refractivity contribution is 14.1. The normalized spacial score (nSPS) is 20.3. The van der Waals surface area contributed by atoms with Gasteiger partial charge >= 0.3 is 0 Å². The Balaban J connectivity index is 1.73. The number of rotatable bonds is 4. The van der Waals surface area contributed by atoms with Gasteiger partial charge in [-0.05, 0) is 59.2 Å². The van der Waals surface area contributed by atoms with Crippen molar-refractivity contribution in [3.05, 3.63) is 50.0 Å². The average molecular weight is 487 g/mol. The predicted molar refractivity (Wildman–Crippen MR) is 110 cm³/mol. The van der Waals surface area contributed by atoms with Crippen LogP contribution in [0, 0.1) is 3.57 Å². The Labute approximate surface area is 167 Å². The van der Waals surface area contributed by atoms with Crippen molar-refractivity contribution >= 4 is 61.6 Å². The molecule has 3 heterocycles. The number of nitrogens with two attached hydrogens (primary N) is 1. The Bertz CT molecular complexity index is 925. The van der Waals surface area contributed by atoms with Crippen LogP contribution >= 0.6 is 45.5 Å². The predicted octanol–water partition coefficient (Wildman–Crippen LogP) is 4.92. The van der Waals surface area contributed by atoms with E-state index in [1.807, 2.05) is 12.1 Å². The fraction of sp³-hybridized carbons (Fsp3) is 0.294. The lowest BCUT2D eigenvalue weighted by Crippen LogP contribution is -2.29.